The Morgan fingerprint density at radius 1 is 1.17 bits per heavy atom. The fourth-order valence-electron chi connectivity index (χ4n) is 4.17. The zero-order valence-electron chi connectivity index (χ0n) is 16.0. The Balaban J connectivity index is 0.00000264. The topological polar surface area (TPSA) is 26.3 Å². The molecular formula is C20H32LiNO. The predicted molar refractivity (Wildman–Crippen MR) is 92.2 cm³/mol. The minimum atomic E-state index is -0.0594. The molecule has 0 amide bonds. The molecule has 0 radical (unpaired) electrons. The standard InChI is InChI=1S/C20H33NO.Li/c1-6-7-11-16-12-8-9-13-17(16)18(22)21-19(2,3)14-10-15-20(21,4)5;/h8-9,12-13,16,22H,6-7,10-11,14-15H2,1-5H3;/q;+1/p-1/b18-17-;. The van der Waals surface area contributed by atoms with Gasteiger partial charge in [-0.05, 0) is 64.8 Å². The van der Waals surface area contributed by atoms with E-state index in [1.54, 1.807) is 0 Å². The first kappa shape index (κ1) is 20.5. The van der Waals surface area contributed by atoms with Crippen molar-refractivity contribution in [1.29, 1.82) is 0 Å². The average Bonchev–Trinajstić information content (AvgIpc) is 2.43. The summed E-state index contributed by atoms with van der Waals surface area (Å²) in [6, 6.07) is 0. The van der Waals surface area contributed by atoms with Gasteiger partial charge in [0.1, 0.15) is 0 Å². The Morgan fingerprint density at radius 2 is 1.78 bits per heavy atom. The summed E-state index contributed by atoms with van der Waals surface area (Å²) in [7, 11) is 0. The fourth-order valence-corrected chi connectivity index (χ4v) is 4.17. The normalized spacial score (nSPS) is 27.5. The maximum atomic E-state index is 13.4. The maximum absolute atomic E-state index is 13.4. The summed E-state index contributed by atoms with van der Waals surface area (Å²) in [6.45, 7) is 11.1. The molecule has 1 aliphatic heterocycles. The van der Waals surface area contributed by atoms with Crippen molar-refractivity contribution in [1.82, 2.24) is 4.90 Å². The van der Waals surface area contributed by atoms with E-state index in [4.69, 9.17) is 0 Å². The first-order valence-electron chi connectivity index (χ1n) is 8.86. The van der Waals surface area contributed by atoms with Crippen molar-refractivity contribution in [3.8, 4) is 0 Å². The first-order valence-corrected chi connectivity index (χ1v) is 8.86. The van der Waals surface area contributed by atoms with Crippen molar-refractivity contribution in [2.45, 2.75) is 84.2 Å². The van der Waals surface area contributed by atoms with E-state index in [0.717, 1.165) is 24.8 Å². The molecule has 1 fully saturated rings. The number of hydrogen-bond donors (Lipinski definition) is 0. The minimum Gasteiger partial charge on any atom is -0.860 e. The van der Waals surface area contributed by atoms with Gasteiger partial charge in [0.05, 0.1) is 0 Å². The number of unbranched alkanes of at least 4 members (excludes halogenated alkanes) is 1. The summed E-state index contributed by atoms with van der Waals surface area (Å²) < 4.78 is 0. The predicted octanol–water partition coefficient (Wildman–Crippen LogP) is 1.54. The SMILES string of the molecule is CCCCC1C=CC=C/C1=C(/[O-])N1C(C)(C)CCCC1(C)C.[Li+]. The molecule has 1 heterocycles. The Labute approximate surface area is 154 Å². The molecule has 1 saturated heterocycles. The largest absolute Gasteiger partial charge is 1.00 e. The number of allylic oxidation sites excluding steroid dienone is 5. The Morgan fingerprint density at radius 3 is 2.35 bits per heavy atom. The summed E-state index contributed by atoms with van der Waals surface area (Å²) in [6.07, 6.45) is 15.2. The van der Waals surface area contributed by atoms with Crippen LogP contribution in [0.5, 0.6) is 0 Å². The quantitative estimate of drug-likeness (QED) is 0.582. The zero-order valence-corrected chi connectivity index (χ0v) is 16.0. The van der Waals surface area contributed by atoms with Crippen LogP contribution in [0.3, 0.4) is 0 Å². The molecule has 2 nitrogen and oxygen atoms in total. The van der Waals surface area contributed by atoms with Gasteiger partial charge in [-0.1, -0.05) is 44.1 Å². The molecule has 1 unspecified atom stereocenters. The van der Waals surface area contributed by atoms with Gasteiger partial charge >= 0.3 is 18.9 Å². The van der Waals surface area contributed by atoms with Gasteiger partial charge in [-0.3, -0.25) is 0 Å². The molecule has 3 heteroatoms. The van der Waals surface area contributed by atoms with Crippen LogP contribution in [0.1, 0.15) is 73.1 Å². The summed E-state index contributed by atoms with van der Waals surface area (Å²) >= 11 is 0. The van der Waals surface area contributed by atoms with Crippen molar-refractivity contribution < 1.29 is 24.0 Å². The smallest absolute Gasteiger partial charge is 0.860 e. The fraction of sp³-hybridized carbons (Fsp3) is 0.700. The van der Waals surface area contributed by atoms with E-state index in [1.165, 1.54) is 19.3 Å². The van der Waals surface area contributed by atoms with Gasteiger partial charge in [0, 0.05) is 17.0 Å². The van der Waals surface area contributed by atoms with Crippen molar-refractivity contribution in [2.75, 3.05) is 0 Å². The average molecular weight is 309 g/mol. The molecule has 1 atom stereocenters. The van der Waals surface area contributed by atoms with Crippen LogP contribution in [0.25, 0.3) is 0 Å². The van der Waals surface area contributed by atoms with Gasteiger partial charge in [-0.25, -0.2) is 0 Å². The third-order valence-electron chi connectivity index (χ3n) is 5.24. The molecule has 0 aromatic heterocycles. The summed E-state index contributed by atoms with van der Waals surface area (Å²) in [4.78, 5) is 2.17. The van der Waals surface area contributed by atoms with Gasteiger partial charge in [-0.15, -0.1) is 0 Å². The van der Waals surface area contributed by atoms with Crippen LogP contribution in [0.2, 0.25) is 0 Å². The van der Waals surface area contributed by atoms with E-state index in [2.05, 4.69) is 51.7 Å². The van der Waals surface area contributed by atoms with Crippen molar-refractivity contribution in [3.05, 3.63) is 35.8 Å². The van der Waals surface area contributed by atoms with Gasteiger partial charge in [-0.2, -0.15) is 0 Å². The molecule has 2 rings (SSSR count). The molecule has 2 aliphatic rings. The second kappa shape index (κ2) is 8.00. The number of likely N-dealkylation sites (tertiary alicyclic amines) is 1. The van der Waals surface area contributed by atoms with Crippen LogP contribution in [-0.2, 0) is 0 Å². The van der Waals surface area contributed by atoms with Crippen LogP contribution >= 0.6 is 0 Å². The summed E-state index contributed by atoms with van der Waals surface area (Å²) in [5, 5.41) is 13.4. The van der Waals surface area contributed by atoms with E-state index in [1.807, 2.05) is 12.2 Å². The monoisotopic (exact) mass is 309 g/mol. The second-order valence-electron chi connectivity index (χ2n) is 8.07. The van der Waals surface area contributed by atoms with Crippen LogP contribution < -0.4 is 24.0 Å². The molecule has 0 N–H and O–H groups in total. The molecule has 124 valence electrons. The van der Waals surface area contributed by atoms with Crippen LogP contribution in [-0.4, -0.2) is 16.0 Å². The number of piperidine rings is 1. The number of hydrogen-bond acceptors (Lipinski definition) is 2. The van der Waals surface area contributed by atoms with Gasteiger partial charge in [0.15, 0.2) is 0 Å². The molecule has 23 heavy (non-hydrogen) atoms. The maximum Gasteiger partial charge on any atom is 1.00 e. The van der Waals surface area contributed by atoms with Crippen LogP contribution in [0.15, 0.2) is 35.8 Å². The van der Waals surface area contributed by atoms with Gasteiger partial charge < -0.3 is 10.0 Å². The molecule has 0 aromatic carbocycles. The Kier molecular flexibility index (Phi) is 7.11. The molecule has 0 spiro atoms. The third-order valence-corrected chi connectivity index (χ3v) is 5.24. The zero-order chi connectivity index (χ0) is 16.4. The van der Waals surface area contributed by atoms with E-state index in [-0.39, 0.29) is 41.7 Å². The molecular weight excluding hydrogens is 277 g/mol. The Hall–Kier alpha value is -0.583. The van der Waals surface area contributed by atoms with Crippen LogP contribution in [0.4, 0.5) is 0 Å². The second-order valence-corrected chi connectivity index (χ2v) is 8.07. The van der Waals surface area contributed by atoms with E-state index < -0.39 is 0 Å². The van der Waals surface area contributed by atoms with Crippen molar-refractivity contribution >= 4 is 0 Å². The minimum absolute atomic E-state index is 0. The Bertz CT molecular complexity index is 472. The van der Waals surface area contributed by atoms with Crippen LogP contribution in [0, 0.1) is 5.92 Å². The van der Waals surface area contributed by atoms with Gasteiger partial charge in [0.2, 0.25) is 0 Å². The summed E-state index contributed by atoms with van der Waals surface area (Å²) in [5.74, 6) is 0.530. The van der Waals surface area contributed by atoms with E-state index >= 15 is 0 Å². The van der Waals surface area contributed by atoms with Crippen molar-refractivity contribution in [2.24, 2.45) is 5.92 Å². The molecule has 1 aliphatic carbocycles. The van der Waals surface area contributed by atoms with Crippen molar-refractivity contribution in [3.63, 3.8) is 0 Å². The number of nitrogens with zero attached hydrogens (tertiary/aromatic N) is 1. The molecule has 0 bridgehead atoms. The first-order chi connectivity index (χ1) is 10.3. The third kappa shape index (κ3) is 4.49. The van der Waals surface area contributed by atoms with E-state index in [0.29, 0.717) is 0 Å². The van der Waals surface area contributed by atoms with E-state index in [9.17, 15) is 5.11 Å². The molecule has 0 saturated carbocycles. The number of rotatable bonds is 4. The van der Waals surface area contributed by atoms with Gasteiger partial charge in [0.25, 0.3) is 0 Å². The summed E-state index contributed by atoms with van der Waals surface area (Å²) in [5.41, 5.74) is 0.866. The molecule has 0 aromatic rings.